The lowest BCUT2D eigenvalue weighted by molar-refractivity contribution is -0.302. The van der Waals surface area contributed by atoms with Gasteiger partial charge in [-0.2, -0.15) is 0 Å². The average molecular weight is 684 g/mol. The molecule has 1 amide bonds. The molecule has 0 radical (unpaired) electrons. The summed E-state index contributed by atoms with van der Waals surface area (Å²) < 4.78 is 11.1. The quantitative estimate of drug-likeness (QED) is 0.0346. The predicted molar refractivity (Wildman–Crippen MR) is 193 cm³/mol. The van der Waals surface area contributed by atoms with Gasteiger partial charge in [-0.05, 0) is 32.1 Å². The van der Waals surface area contributed by atoms with E-state index < -0.39 is 49.5 Å². The summed E-state index contributed by atoms with van der Waals surface area (Å²) in [5.74, 6) is -0.189. The lowest BCUT2D eigenvalue weighted by Crippen LogP contribution is -2.60. The number of ether oxygens (including phenoxy) is 2. The van der Waals surface area contributed by atoms with E-state index in [1.165, 1.54) is 103 Å². The number of amides is 1. The van der Waals surface area contributed by atoms with Gasteiger partial charge in [0.05, 0.1) is 25.4 Å². The molecule has 0 aromatic heterocycles. The molecule has 0 bridgehead atoms. The Balaban J connectivity index is 2.43. The van der Waals surface area contributed by atoms with E-state index in [9.17, 15) is 30.3 Å². The number of nitrogens with one attached hydrogen (secondary N) is 1. The molecule has 9 heteroatoms. The van der Waals surface area contributed by atoms with Crippen LogP contribution in [-0.4, -0.2) is 87.5 Å². The number of carbonyl (C=O) groups excluding carboxylic acids is 1. The zero-order valence-corrected chi connectivity index (χ0v) is 30.5. The first-order valence-corrected chi connectivity index (χ1v) is 19.6. The minimum atomic E-state index is -1.57. The van der Waals surface area contributed by atoms with E-state index in [2.05, 4.69) is 31.3 Å². The normalized spacial score (nSPS) is 22.9. The molecular weight excluding hydrogens is 610 g/mol. The third-order valence-corrected chi connectivity index (χ3v) is 9.28. The van der Waals surface area contributed by atoms with Crippen molar-refractivity contribution in [1.29, 1.82) is 0 Å². The second-order valence-corrected chi connectivity index (χ2v) is 13.7. The number of hydrogen-bond donors (Lipinski definition) is 6. The topological polar surface area (TPSA) is 149 Å². The summed E-state index contributed by atoms with van der Waals surface area (Å²) in [6.07, 6.45) is 26.5. The fourth-order valence-electron chi connectivity index (χ4n) is 6.05. The highest BCUT2D eigenvalue weighted by atomic mass is 16.7. The second kappa shape index (κ2) is 30.5. The van der Waals surface area contributed by atoms with E-state index >= 15 is 0 Å². The lowest BCUT2D eigenvalue weighted by atomic mass is 9.99. The molecule has 1 saturated heterocycles. The Bertz CT molecular complexity index is 807. The summed E-state index contributed by atoms with van der Waals surface area (Å²) in [6, 6.07) is -0.813. The standard InChI is InChI=1S/C39H73NO8/c1-3-5-7-9-11-13-15-16-17-18-19-21-23-25-27-29-35(43)40-32(31-47-39-38(46)37(45)36(44)34(30-41)48-39)33(42)28-26-24-22-20-14-12-10-8-6-4-2/h14,20,26,28,32-34,36-39,41-42,44-46H,3-13,15-19,21-25,27,29-31H2,1-2H3,(H,40,43)/b20-14+,28-26+. The van der Waals surface area contributed by atoms with E-state index in [0.29, 0.717) is 6.42 Å². The Hall–Kier alpha value is -1.33. The largest absolute Gasteiger partial charge is 0.394 e. The van der Waals surface area contributed by atoms with Crippen LogP contribution in [0, 0.1) is 0 Å². The minimum absolute atomic E-state index is 0.189. The van der Waals surface area contributed by atoms with E-state index in [1.54, 1.807) is 6.08 Å². The SMILES string of the molecule is CCCCCC/C=C/CC/C=C/C(O)C(COC1OC(CO)C(O)C(O)C1O)NC(=O)CCCCCCCCCCCCCCCCC. The van der Waals surface area contributed by atoms with Gasteiger partial charge in [0.2, 0.25) is 5.91 Å². The van der Waals surface area contributed by atoms with Crippen LogP contribution < -0.4 is 5.32 Å². The zero-order chi connectivity index (χ0) is 35.2. The highest BCUT2D eigenvalue weighted by Crippen LogP contribution is 2.22. The third kappa shape index (κ3) is 21.7. The number of aliphatic hydroxyl groups is 5. The molecule has 1 aliphatic heterocycles. The highest BCUT2D eigenvalue weighted by Gasteiger charge is 2.44. The van der Waals surface area contributed by atoms with Gasteiger partial charge >= 0.3 is 0 Å². The molecule has 9 nitrogen and oxygen atoms in total. The Morgan fingerprint density at radius 3 is 1.75 bits per heavy atom. The predicted octanol–water partition coefficient (Wildman–Crippen LogP) is 6.77. The zero-order valence-electron chi connectivity index (χ0n) is 30.5. The Morgan fingerprint density at radius 1 is 0.688 bits per heavy atom. The molecule has 0 aromatic rings. The van der Waals surface area contributed by atoms with Crippen molar-refractivity contribution < 1.29 is 39.8 Å². The van der Waals surface area contributed by atoms with Gasteiger partial charge in [0, 0.05) is 6.42 Å². The van der Waals surface area contributed by atoms with Crippen molar-refractivity contribution in [2.45, 2.75) is 204 Å². The molecule has 1 fully saturated rings. The van der Waals surface area contributed by atoms with E-state index in [1.807, 2.05) is 6.08 Å². The number of allylic oxidation sites excluding steroid dienone is 3. The summed E-state index contributed by atoms with van der Waals surface area (Å²) in [6.45, 7) is 3.70. The van der Waals surface area contributed by atoms with Crippen LogP contribution >= 0.6 is 0 Å². The van der Waals surface area contributed by atoms with Crippen molar-refractivity contribution in [3.05, 3.63) is 24.3 Å². The van der Waals surface area contributed by atoms with Gasteiger partial charge in [-0.1, -0.05) is 147 Å². The van der Waals surface area contributed by atoms with E-state index in [0.717, 1.165) is 38.5 Å². The van der Waals surface area contributed by atoms with Gasteiger partial charge in [-0.25, -0.2) is 0 Å². The van der Waals surface area contributed by atoms with Crippen LogP contribution in [0.5, 0.6) is 0 Å². The van der Waals surface area contributed by atoms with Crippen molar-refractivity contribution in [2.75, 3.05) is 13.2 Å². The molecule has 1 rings (SSSR count). The number of carbonyl (C=O) groups is 1. The first-order valence-electron chi connectivity index (χ1n) is 19.6. The molecule has 282 valence electrons. The maximum absolute atomic E-state index is 12.8. The molecule has 0 aliphatic carbocycles. The summed E-state index contributed by atoms with van der Waals surface area (Å²) in [7, 11) is 0. The van der Waals surface area contributed by atoms with Crippen LogP contribution in [0.2, 0.25) is 0 Å². The monoisotopic (exact) mass is 684 g/mol. The third-order valence-electron chi connectivity index (χ3n) is 9.28. The van der Waals surface area contributed by atoms with Crippen LogP contribution in [0.15, 0.2) is 24.3 Å². The van der Waals surface area contributed by atoms with Crippen molar-refractivity contribution in [1.82, 2.24) is 5.32 Å². The Morgan fingerprint density at radius 2 is 1.19 bits per heavy atom. The summed E-state index contributed by atoms with van der Waals surface area (Å²) in [5.41, 5.74) is 0. The summed E-state index contributed by atoms with van der Waals surface area (Å²) >= 11 is 0. The minimum Gasteiger partial charge on any atom is -0.394 e. The van der Waals surface area contributed by atoms with Crippen LogP contribution in [0.4, 0.5) is 0 Å². The average Bonchev–Trinajstić information content (AvgIpc) is 3.08. The maximum Gasteiger partial charge on any atom is 0.220 e. The number of aliphatic hydroxyl groups excluding tert-OH is 5. The maximum atomic E-state index is 12.8. The molecule has 0 spiro atoms. The number of rotatable bonds is 31. The molecule has 1 heterocycles. The van der Waals surface area contributed by atoms with Gasteiger partial charge in [0.25, 0.3) is 0 Å². The highest BCUT2D eigenvalue weighted by molar-refractivity contribution is 5.76. The lowest BCUT2D eigenvalue weighted by Gasteiger charge is -2.40. The molecule has 0 aromatic carbocycles. The molecule has 7 unspecified atom stereocenters. The molecule has 0 saturated carbocycles. The van der Waals surface area contributed by atoms with Crippen molar-refractivity contribution in [3.8, 4) is 0 Å². The smallest absolute Gasteiger partial charge is 0.220 e. The molecular formula is C39H73NO8. The fourth-order valence-corrected chi connectivity index (χ4v) is 6.05. The Labute approximate surface area is 292 Å². The van der Waals surface area contributed by atoms with Crippen LogP contribution in [0.25, 0.3) is 0 Å². The van der Waals surface area contributed by atoms with E-state index in [-0.39, 0.29) is 12.5 Å². The summed E-state index contributed by atoms with van der Waals surface area (Å²) in [4.78, 5) is 12.8. The fraction of sp³-hybridized carbons (Fsp3) is 0.872. The number of unbranched alkanes of at least 4 members (excludes halogenated alkanes) is 19. The van der Waals surface area contributed by atoms with Crippen molar-refractivity contribution >= 4 is 5.91 Å². The van der Waals surface area contributed by atoms with Crippen LogP contribution in [0.1, 0.15) is 162 Å². The molecule has 48 heavy (non-hydrogen) atoms. The Kier molecular flexibility index (Phi) is 28.4. The number of hydrogen-bond acceptors (Lipinski definition) is 8. The first-order chi connectivity index (χ1) is 23.3. The van der Waals surface area contributed by atoms with Crippen LogP contribution in [-0.2, 0) is 14.3 Å². The molecule has 7 atom stereocenters. The molecule has 6 N–H and O–H groups in total. The van der Waals surface area contributed by atoms with Gasteiger partial charge in [0.1, 0.15) is 24.4 Å². The first kappa shape index (κ1) is 44.7. The van der Waals surface area contributed by atoms with E-state index in [4.69, 9.17) is 9.47 Å². The van der Waals surface area contributed by atoms with Crippen LogP contribution in [0.3, 0.4) is 0 Å². The second-order valence-electron chi connectivity index (χ2n) is 13.7. The van der Waals surface area contributed by atoms with Gasteiger partial charge in [-0.3, -0.25) is 4.79 Å². The van der Waals surface area contributed by atoms with Crippen molar-refractivity contribution in [2.24, 2.45) is 0 Å². The van der Waals surface area contributed by atoms with Crippen molar-refractivity contribution in [3.63, 3.8) is 0 Å². The van der Waals surface area contributed by atoms with Gasteiger partial charge in [0.15, 0.2) is 6.29 Å². The summed E-state index contributed by atoms with van der Waals surface area (Å²) in [5, 5.41) is 53.8. The molecule has 1 aliphatic rings. The van der Waals surface area contributed by atoms with Gasteiger partial charge in [-0.15, -0.1) is 0 Å². The van der Waals surface area contributed by atoms with Gasteiger partial charge < -0.3 is 40.3 Å².